The first-order valence-corrected chi connectivity index (χ1v) is 7.00. The highest BCUT2D eigenvalue weighted by Gasteiger charge is 2.33. The molecule has 1 N–H and O–H groups in total. The van der Waals surface area contributed by atoms with Crippen molar-refractivity contribution >= 4 is 11.9 Å². The van der Waals surface area contributed by atoms with Gasteiger partial charge in [0.15, 0.2) is 0 Å². The Balaban J connectivity index is 2.55. The first-order chi connectivity index (χ1) is 8.93. The molecule has 1 heterocycles. The average molecular weight is 270 g/mol. The number of amides is 1. The molecule has 0 spiro atoms. The molecule has 0 aromatic heterocycles. The SMILES string of the molecule is COC(=O)C1CC(NCCC(C)C)CN(C(C)=O)C1. The van der Waals surface area contributed by atoms with Crippen LogP contribution in [0, 0.1) is 11.8 Å². The summed E-state index contributed by atoms with van der Waals surface area (Å²) in [7, 11) is 1.40. The van der Waals surface area contributed by atoms with E-state index in [1.165, 1.54) is 7.11 Å². The molecule has 1 amide bonds. The van der Waals surface area contributed by atoms with E-state index in [0.717, 1.165) is 19.4 Å². The fourth-order valence-corrected chi connectivity index (χ4v) is 2.42. The summed E-state index contributed by atoms with van der Waals surface area (Å²) >= 11 is 0. The van der Waals surface area contributed by atoms with Crippen LogP contribution in [0.15, 0.2) is 0 Å². The molecule has 2 unspecified atom stereocenters. The van der Waals surface area contributed by atoms with E-state index in [4.69, 9.17) is 4.74 Å². The van der Waals surface area contributed by atoms with Crippen molar-refractivity contribution in [3.05, 3.63) is 0 Å². The van der Waals surface area contributed by atoms with Crippen molar-refractivity contribution in [3.63, 3.8) is 0 Å². The maximum absolute atomic E-state index is 11.7. The lowest BCUT2D eigenvalue weighted by molar-refractivity contribution is -0.149. The van der Waals surface area contributed by atoms with E-state index in [9.17, 15) is 9.59 Å². The van der Waals surface area contributed by atoms with Crippen LogP contribution < -0.4 is 5.32 Å². The highest BCUT2D eigenvalue weighted by molar-refractivity contribution is 5.76. The predicted molar refractivity (Wildman–Crippen MR) is 73.6 cm³/mol. The number of esters is 1. The molecule has 19 heavy (non-hydrogen) atoms. The number of carbonyl (C=O) groups is 2. The van der Waals surface area contributed by atoms with Gasteiger partial charge in [0.2, 0.25) is 5.91 Å². The van der Waals surface area contributed by atoms with Crippen molar-refractivity contribution in [2.24, 2.45) is 11.8 Å². The number of hydrogen-bond donors (Lipinski definition) is 1. The standard InChI is InChI=1S/C14H26N2O3/c1-10(2)5-6-15-13-7-12(14(18)19-4)8-16(9-13)11(3)17/h10,12-13,15H,5-9H2,1-4H3. The molecule has 0 radical (unpaired) electrons. The van der Waals surface area contributed by atoms with Crippen LogP contribution in [0.3, 0.4) is 0 Å². The second-order valence-corrected chi connectivity index (χ2v) is 5.71. The largest absolute Gasteiger partial charge is 0.469 e. The monoisotopic (exact) mass is 270 g/mol. The number of rotatable bonds is 5. The van der Waals surface area contributed by atoms with Gasteiger partial charge in [-0.15, -0.1) is 0 Å². The summed E-state index contributed by atoms with van der Waals surface area (Å²) in [5, 5.41) is 3.45. The highest BCUT2D eigenvalue weighted by Crippen LogP contribution is 2.18. The number of nitrogens with zero attached hydrogens (tertiary/aromatic N) is 1. The minimum Gasteiger partial charge on any atom is -0.469 e. The van der Waals surface area contributed by atoms with E-state index >= 15 is 0 Å². The highest BCUT2D eigenvalue weighted by atomic mass is 16.5. The lowest BCUT2D eigenvalue weighted by Gasteiger charge is -2.36. The fourth-order valence-electron chi connectivity index (χ4n) is 2.42. The van der Waals surface area contributed by atoms with Gasteiger partial charge in [0.25, 0.3) is 0 Å². The number of hydrogen-bond acceptors (Lipinski definition) is 4. The molecule has 0 aliphatic carbocycles. The zero-order chi connectivity index (χ0) is 14.4. The van der Waals surface area contributed by atoms with Gasteiger partial charge in [0.05, 0.1) is 13.0 Å². The van der Waals surface area contributed by atoms with Crippen LogP contribution in [0.4, 0.5) is 0 Å². The number of carbonyl (C=O) groups excluding carboxylic acids is 2. The Hall–Kier alpha value is -1.10. The topological polar surface area (TPSA) is 58.6 Å². The van der Waals surface area contributed by atoms with Crippen LogP contribution in [0.25, 0.3) is 0 Å². The summed E-state index contributed by atoms with van der Waals surface area (Å²) in [4.78, 5) is 24.9. The summed E-state index contributed by atoms with van der Waals surface area (Å²) in [5.74, 6) is 0.237. The van der Waals surface area contributed by atoms with E-state index in [1.54, 1.807) is 11.8 Å². The summed E-state index contributed by atoms with van der Waals surface area (Å²) in [6, 6.07) is 0.181. The molecule has 5 nitrogen and oxygen atoms in total. The number of piperidine rings is 1. The lowest BCUT2D eigenvalue weighted by atomic mass is 9.94. The zero-order valence-corrected chi connectivity index (χ0v) is 12.4. The molecule has 2 atom stereocenters. The third-order valence-corrected chi connectivity index (χ3v) is 3.59. The van der Waals surface area contributed by atoms with Crippen molar-refractivity contribution in [2.45, 2.75) is 39.7 Å². The summed E-state index contributed by atoms with van der Waals surface area (Å²) < 4.78 is 4.80. The third kappa shape index (κ3) is 5.19. The van der Waals surface area contributed by atoms with Gasteiger partial charge in [-0.25, -0.2) is 0 Å². The molecule has 0 aromatic carbocycles. The Labute approximate surface area is 115 Å². The minimum atomic E-state index is -0.221. The second kappa shape index (κ2) is 7.48. The van der Waals surface area contributed by atoms with Gasteiger partial charge in [-0.05, 0) is 25.3 Å². The van der Waals surface area contributed by atoms with Crippen molar-refractivity contribution in [1.82, 2.24) is 10.2 Å². The normalized spacial score (nSPS) is 23.5. The molecule has 1 aliphatic heterocycles. The maximum Gasteiger partial charge on any atom is 0.310 e. The van der Waals surface area contributed by atoms with Gasteiger partial charge < -0.3 is 15.0 Å². The maximum atomic E-state index is 11.7. The Kier molecular flexibility index (Phi) is 6.28. The van der Waals surface area contributed by atoms with E-state index < -0.39 is 0 Å². The number of methoxy groups -OCH3 is 1. The predicted octanol–water partition coefficient (Wildman–Crippen LogP) is 1.03. The molecular formula is C14H26N2O3. The molecule has 0 saturated carbocycles. The van der Waals surface area contributed by atoms with E-state index in [-0.39, 0.29) is 23.8 Å². The molecular weight excluding hydrogens is 244 g/mol. The second-order valence-electron chi connectivity index (χ2n) is 5.71. The van der Waals surface area contributed by atoms with Gasteiger partial charge in [-0.1, -0.05) is 13.8 Å². The summed E-state index contributed by atoms with van der Waals surface area (Å²) in [6.07, 6.45) is 1.84. The smallest absolute Gasteiger partial charge is 0.310 e. The van der Waals surface area contributed by atoms with Crippen LogP contribution in [-0.2, 0) is 14.3 Å². The molecule has 5 heteroatoms. The van der Waals surface area contributed by atoms with E-state index in [1.807, 2.05) is 0 Å². The first-order valence-electron chi connectivity index (χ1n) is 7.00. The van der Waals surface area contributed by atoms with Gasteiger partial charge >= 0.3 is 5.97 Å². The zero-order valence-electron chi connectivity index (χ0n) is 12.4. The molecule has 1 rings (SSSR count). The van der Waals surface area contributed by atoms with Gasteiger partial charge in [-0.3, -0.25) is 9.59 Å². The lowest BCUT2D eigenvalue weighted by Crippen LogP contribution is -2.52. The van der Waals surface area contributed by atoms with Gasteiger partial charge in [-0.2, -0.15) is 0 Å². The van der Waals surface area contributed by atoms with Gasteiger partial charge in [0, 0.05) is 26.1 Å². The molecule has 1 saturated heterocycles. The van der Waals surface area contributed by atoms with Crippen LogP contribution in [0.1, 0.15) is 33.6 Å². The van der Waals surface area contributed by atoms with Crippen LogP contribution in [0.2, 0.25) is 0 Å². The van der Waals surface area contributed by atoms with Crippen molar-refractivity contribution in [1.29, 1.82) is 0 Å². The third-order valence-electron chi connectivity index (χ3n) is 3.59. The average Bonchev–Trinajstić information content (AvgIpc) is 2.37. The minimum absolute atomic E-state index is 0.0178. The molecule has 1 aliphatic rings. The molecule has 1 fully saturated rings. The molecule has 110 valence electrons. The number of likely N-dealkylation sites (tertiary alicyclic amines) is 1. The number of nitrogens with one attached hydrogen (secondary N) is 1. The number of ether oxygens (including phenoxy) is 1. The van der Waals surface area contributed by atoms with Crippen molar-refractivity contribution in [2.75, 3.05) is 26.7 Å². The first kappa shape index (κ1) is 16.0. The van der Waals surface area contributed by atoms with Crippen LogP contribution >= 0.6 is 0 Å². The van der Waals surface area contributed by atoms with Crippen LogP contribution in [-0.4, -0.2) is 49.6 Å². The van der Waals surface area contributed by atoms with Gasteiger partial charge in [0.1, 0.15) is 0 Å². The van der Waals surface area contributed by atoms with Crippen molar-refractivity contribution in [3.8, 4) is 0 Å². The summed E-state index contributed by atoms with van der Waals surface area (Å²) in [6.45, 7) is 7.99. The molecule has 0 bridgehead atoms. The van der Waals surface area contributed by atoms with Crippen LogP contribution in [0.5, 0.6) is 0 Å². The van der Waals surface area contributed by atoms with E-state index in [2.05, 4.69) is 19.2 Å². The Morgan fingerprint density at radius 2 is 2.05 bits per heavy atom. The summed E-state index contributed by atoms with van der Waals surface area (Å²) in [5.41, 5.74) is 0. The Bertz CT molecular complexity index is 318. The van der Waals surface area contributed by atoms with Crippen molar-refractivity contribution < 1.29 is 14.3 Å². The molecule has 0 aromatic rings. The fraction of sp³-hybridized carbons (Fsp3) is 0.857. The Morgan fingerprint density at radius 3 is 2.58 bits per heavy atom. The quantitative estimate of drug-likeness (QED) is 0.758. The Morgan fingerprint density at radius 1 is 1.37 bits per heavy atom. The van der Waals surface area contributed by atoms with E-state index in [0.29, 0.717) is 19.0 Å².